The van der Waals surface area contributed by atoms with E-state index >= 15 is 0 Å². The Labute approximate surface area is 123 Å². The van der Waals surface area contributed by atoms with Gasteiger partial charge in [-0.3, -0.25) is 0 Å². The van der Waals surface area contributed by atoms with E-state index in [1.807, 2.05) is 18.2 Å². The van der Waals surface area contributed by atoms with Crippen molar-refractivity contribution in [2.24, 2.45) is 0 Å². The van der Waals surface area contributed by atoms with Crippen LogP contribution in [0.5, 0.6) is 0 Å². The van der Waals surface area contributed by atoms with E-state index in [1.54, 1.807) is 0 Å². The van der Waals surface area contributed by atoms with Gasteiger partial charge in [0.25, 0.3) is 6.01 Å². The van der Waals surface area contributed by atoms with Crippen LogP contribution in [0.25, 0.3) is 11.1 Å². The molecular formula is C17H17N3O. The molecule has 0 radical (unpaired) electrons. The number of aryl methyl sites for hydroxylation is 1. The molecule has 4 heteroatoms. The largest absolute Gasteiger partial charge is 0.423 e. The summed E-state index contributed by atoms with van der Waals surface area (Å²) >= 11 is 0. The fourth-order valence-corrected chi connectivity index (χ4v) is 3.00. The van der Waals surface area contributed by atoms with Crippen molar-refractivity contribution in [3.05, 3.63) is 53.6 Å². The molecule has 0 amide bonds. The highest BCUT2D eigenvalue weighted by atomic mass is 16.4. The van der Waals surface area contributed by atoms with Gasteiger partial charge >= 0.3 is 0 Å². The Balaban J connectivity index is 1.55. The lowest BCUT2D eigenvalue weighted by molar-refractivity contribution is 0.557. The van der Waals surface area contributed by atoms with Crippen LogP contribution in [-0.4, -0.2) is 11.0 Å². The Bertz CT molecular complexity index is 794. The van der Waals surface area contributed by atoms with Gasteiger partial charge in [0, 0.05) is 17.8 Å². The van der Waals surface area contributed by atoms with Gasteiger partial charge in [-0.25, -0.2) is 0 Å². The summed E-state index contributed by atoms with van der Waals surface area (Å²) in [6.07, 6.45) is 3.20. The predicted octanol–water partition coefficient (Wildman–Crippen LogP) is 3.38. The summed E-state index contributed by atoms with van der Waals surface area (Å²) in [5.74, 6) is 0. The van der Waals surface area contributed by atoms with Gasteiger partial charge in [-0.05, 0) is 42.5 Å². The lowest BCUT2D eigenvalue weighted by Gasteiger charge is -2.24. The lowest BCUT2D eigenvalue weighted by atomic mass is 9.88. The third-order valence-electron chi connectivity index (χ3n) is 4.09. The highest BCUT2D eigenvalue weighted by molar-refractivity contribution is 5.78. The van der Waals surface area contributed by atoms with Crippen molar-refractivity contribution in [2.75, 3.05) is 11.1 Å². The van der Waals surface area contributed by atoms with E-state index in [0.29, 0.717) is 17.7 Å². The molecule has 0 fully saturated rings. The number of fused-ring (bicyclic) bond motifs is 2. The van der Waals surface area contributed by atoms with Crippen molar-refractivity contribution in [1.29, 1.82) is 0 Å². The number of benzene rings is 2. The molecule has 0 aliphatic heterocycles. The molecule has 3 aromatic rings. The molecule has 0 bridgehead atoms. The number of nitrogens with one attached hydrogen (secondary N) is 1. The van der Waals surface area contributed by atoms with E-state index in [1.165, 1.54) is 11.1 Å². The first-order valence-corrected chi connectivity index (χ1v) is 7.27. The minimum Gasteiger partial charge on any atom is -0.423 e. The van der Waals surface area contributed by atoms with Gasteiger partial charge in [0.2, 0.25) is 0 Å². The fourth-order valence-electron chi connectivity index (χ4n) is 3.00. The van der Waals surface area contributed by atoms with Gasteiger partial charge in [-0.15, -0.1) is 0 Å². The van der Waals surface area contributed by atoms with Gasteiger partial charge in [0.15, 0.2) is 5.58 Å². The van der Waals surface area contributed by atoms with Crippen LogP contribution in [-0.2, 0) is 12.8 Å². The zero-order chi connectivity index (χ0) is 14.2. The third-order valence-corrected chi connectivity index (χ3v) is 4.09. The maximum absolute atomic E-state index is 5.76. The van der Waals surface area contributed by atoms with Crippen molar-refractivity contribution in [3.63, 3.8) is 0 Å². The Kier molecular flexibility index (Phi) is 2.81. The molecule has 106 valence electrons. The highest BCUT2D eigenvalue weighted by Crippen LogP contribution is 2.26. The van der Waals surface area contributed by atoms with Gasteiger partial charge in [-0.1, -0.05) is 24.3 Å². The summed E-state index contributed by atoms with van der Waals surface area (Å²) in [6.45, 7) is 0. The summed E-state index contributed by atoms with van der Waals surface area (Å²) in [6, 6.07) is 15.1. The minimum absolute atomic E-state index is 0.366. The zero-order valence-electron chi connectivity index (χ0n) is 11.7. The van der Waals surface area contributed by atoms with Gasteiger partial charge in [-0.2, -0.15) is 4.98 Å². The van der Waals surface area contributed by atoms with Crippen LogP contribution in [0.1, 0.15) is 17.5 Å². The van der Waals surface area contributed by atoms with Crippen LogP contribution in [0.4, 0.5) is 11.7 Å². The van der Waals surface area contributed by atoms with E-state index in [0.717, 1.165) is 30.4 Å². The molecule has 0 saturated carbocycles. The molecular weight excluding hydrogens is 262 g/mol. The number of nitrogens with two attached hydrogens (primary N) is 1. The lowest BCUT2D eigenvalue weighted by Crippen LogP contribution is -2.27. The molecule has 1 atom stereocenters. The summed E-state index contributed by atoms with van der Waals surface area (Å²) in [5.41, 5.74) is 10.9. The average molecular weight is 279 g/mol. The molecule has 21 heavy (non-hydrogen) atoms. The normalized spacial score (nSPS) is 17.6. The van der Waals surface area contributed by atoms with Gasteiger partial charge < -0.3 is 15.5 Å². The third kappa shape index (κ3) is 2.33. The van der Waals surface area contributed by atoms with Gasteiger partial charge in [0.1, 0.15) is 5.52 Å². The molecule has 0 spiro atoms. The van der Waals surface area contributed by atoms with Crippen LogP contribution >= 0.6 is 0 Å². The number of nitrogen functional groups attached to an aromatic ring is 1. The molecule has 1 unspecified atom stereocenters. The first kappa shape index (κ1) is 12.3. The summed E-state index contributed by atoms with van der Waals surface area (Å²) in [5, 5.41) is 3.41. The Hall–Kier alpha value is -2.49. The Morgan fingerprint density at radius 1 is 1.14 bits per heavy atom. The summed E-state index contributed by atoms with van der Waals surface area (Å²) < 4.78 is 5.74. The Morgan fingerprint density at radius 2 is 2.00 bits per heavy atom. The molecule has 1 aliphatic rings. The molecule has 0 saturated heterocycles. The predicted molar refractivity (Wildman–Crippen MR) is 84.3 cm³/mol. The van der Waals surface area contributed by atoms with Crippen LogP contribution in [0.15, 0.2) is 46.9 Å². The number of aromatic nitrogens is 1. The van der Waals surface area contributed by atoms with E-state index in [2.05, 4.69) is 34.6 Å². The smallest absolute Gasteiger partial charge is 0.295 e. The van der Waals surface area contributed by atoms with Crippen LogP contribution < -0.4 is 11.1 Å². The molecule has 2 aromatic carbocycles. The molecule has 1 heterocycles. The highest BCUT2D eigenvalue weighted by Gasteiger charge is 2.19. The molecule has 4 rings (SSSR count). The topological polar surface area (TPSA) is 64.1 Å². The maximum atomic E-state index is 5.76. The van der Waals surface area contributed by atoms with Crippen molar-refractivity contribution < 1.29 is 4.42 Å². The van der Waals surface area contributed by atoms with Crippen molar-refractivity contribution >= 4 is 22.8 Å². The van der Waals surface area contributed by atoms with Crippen molar-refractivity contribution in [3.8, 4) is 0 Å². The Morgan fingerprint density at radius 3 is 2.90 bits per heavy atom. The fraction of sp³-hybridized carbons (Fsp3) is 0.235. The molecule has 1 aromatic heterocycles. The van der Waals surface area contributed by atoms with Gasteiger partial charge in [0.05, 0.1) is 0 Å². The number of oxazole rings is 1. The van der Waals surface area contributed by atoms with E-state index in [9.17, 15) is 0 Å². The van der Waals surface area contributed by atoms with E-state index < -0.39 is 0 Å². The summed E-state index contributed by atoms with van der Waals surface area (Å²) in [7, 11) is 0. The number of nitrogens with zero attached hydrogens (tertiary/aromatic N) is 1. The van der Waals surface area contributed by atoms with E-state index in [4.69, 9.17) is 10.2 Å². The van der Waals surface area contributed by atoms with Crippen molar-refractivity contribution in [1.82, 2.24) is 4.98 Å². The molecule has 4 nitrogen and oxygen atoms in total. The van der Waals surface area contributed by atoms with Crippen LogP contribution in [0, 0.1) is 0 Å². The second-order valence-corrected chi connectivity index (χ2v) is 5.60. The molecule has 3 N–H and O–H groups in total. The monoisotopic (exact) mass is 279 g/mol. The van der Waals surface area contributed by atoms with Crippen LogP contribution in [0.3, 0.4) is 0 Å². The summed E-state index contributed by atoms with van der Waals surface area (Å²) in [4.78, 5) is 4.47. The number of hydrogen-bond acceptors (Lipinski definition) is 4. The van der Waals surface area contributed by atoms with Crippen molar-refractivity contribution in [2.45, 2.75) is 25.3 Å². The standard InChI is InChI=1S/C17H17N3O/c18-13-6-8-15-16(10-13)21-17(20-15)19-14-7-5-11-3-1-2-4-12(11)9-14/h1-4,6,8,10,14H,5,7,9,18H2,(H,19,20). The minimum atomic E-state index is 0.366. The average Bonchev–Trinajstić information content (AvgIpc) is 2.88. The van der Waals surface area contributed by atoms with Crippen LogP contribution in [0.2, 0.25) is 0 Å². The number of hydrogen-bond donors (Lipinski definition) is 2. The number of rotatable bonds is 2. The second-order valence-electron chi connectivity index (χ2n) is 5.60. The number of anilines is 2. The maximum Gasteiger partial charge on any atom is 0.295 e. The quantitative estimate of drug-likeness (QED) is 0.706. The van der Waals surface area contributed by atoms with E-state index in [-0.39, 0.29) is 0 Å². The molecule has 1 aliphatic carbocycles. The first-order chi connectivity index (χ1) is 10.3. The second kappa shape index (κ2) is 4.81. The zero-order valence-corrected chi connectivity index (χ0v) is 11.7. The SMILES string of the molecule is Nc1ccc2nc(NC3CCc4ccccc4C3)oc2c1. The first-order valence-electron chi connectivity index (χ1n) is 7.27.